The van der Waals surface area contributed by atoms with E-state index in [-0.39, 0.29) is 21.0 Å². The van der Waals surface area contributed by atoms with Gasteiger partial charge in [0.05, 0.1) is 0 Å². The number of thiazole rings is 1. The molecule has 0 radical (unpaired) electrons. The van der Waals surface area contributed by atoms with Crippen molar-refractivity contribution in [1.29, 1.82) is 0 Å². The molecule has 1 saturated heterocycles. The fraction of sp³-hybridized carbons (Fsp3) is 0.158. The van der Waals surface area contributed by atoms with Gasteiger partial charge in [-0.05, 0) is 42.3 Å². The highest BCUT2D eigenvalue weighted by atomic mass is 35.5. The number of urea groups is 1. The third-order valence-corrected chi connectivity index (χ3v) is 7.28. The molecule has 4 rings (SSSR count). The zero-order chi connectivity index (χ0) is 21.4. The van der Waals surface area contributed by atoms with E-state index in [1.165, 1.54) is 4.90 Å². The molecule has 0 spiro atoms. The molecule has 1 aliphatic heterocycles. The molecular formula is C19H15ClF2N4O2S2. The molecule has 2 heterocycles. The molecule has 1 atom stereocenters. The Bertz CT molecular complexity index is 1140. The second-order valence-electron chi connectivity index (χ2n) is 6.48. The quantitative estimate of drug-likeness (QED) is 0.609. The molecule has 1 fully saturated rings. The van der Waals surface area contributed by atoms with Crippen molar-refractivity contribution in [2.45, 2.75) is 10.6 Å². The summed E-state index contributed by atoms with van der Waals surface area (Å²) in [4.78, 5) is 20.2. The van der Waals surface area contributed by atoms with Gasteiger partial charge in [-0.2, -0.15) is 0 Å². The first-order valence-electron chi connectivity index (χ1n) is 8.82. The normalized spacial score (nSPS) is 15.5. The highest BCUT2D eigenvalue weighted by Crippen LogP contribution is 2.34. The van der Waals surface area contributed by atoms with Crippen molar-refractivity contribution in [2.24, 2.45) is 5.14 Å². The SMILES string of the molecule is NS(=O)c1sc(N2CCCN(c3ccc(-c4cc(F)ccc4F)cc3)C2=O)nc1Cl. The van der Waals surface area contributed by atoms with Crippen LogP contribution in [0.1, 0.15) is 6.42 Å². The fourth-order valence-electron chi connectivity index (χ4n) is 3.20. The summed E-state index contributed by atoms with van der Waals surface area (Å²) in [5, 5.41) is 5.72. The maximum Gasteiger partial charge on any atom is 0.330 e. The second-order valence-corrected chi connectivity index (χ2v) is 9.08. The standard InChI is InChI=1S/C19H15ClF2N4O2S2/c20-16-17(30(23)28)29-18(24-16)26-9-1-8-25(19(26)27)13-5-2-11(3-6-13)14-10-12(21)4-7-15(14)22/h2-7,10H,1,8-9,23H2. The summed E-state index contributed by atoms with van der Waals surface area (Å²) in [6.45, 7) is 0.917. The molecular weight excluding hydrogens is 454 g/mol. The Morgan fingerprint density at radius 2 is 1.80 bits per heavy atom. The van der Waals surface area contributed by atoms with Crippen LogP contribution in [0.4, 0.5) is 24.4 Å². The van der Waals surface area contributed by atoms with Crippen molar-refractivity contribution in [3.05, 3.63) is 59.3 Å². The van der Waals surface area contributed by atoms with E-state index in [2.05, 4.69) is 4.98 Å². The molecule has 1 unspecified atom stereocenters. The Kier molecular flexibility index (Phi) is 5.83. The first kappa shape index (κ1) is 20.9. The predicted molar refractivity (Wildman–Crippen MR) is 114 cm³/mol. The number of nitrogens with zero attached hydrogens (tertiary/aromatic N) is 3. The number of carbonyl (C=O) groups excluding carboxylic acids is 1. The zero-order valence-corrected chi connectivity index (χ0v) is 17.7. The van der Waals surface area contributed by atoms with Gasteiger partial charge in [0.1, 0.15) is 26.8 Å². The van der Waals surface area contributed by atoms with Crippen LogP contribution in [0.3, 0.4) is 0 Å². The number of benzene rings is 2. The summed E-state index contributed by atoms with van der Waals surface area (Å²) in [5.74, 6) is -1.06. The molecule has 156 valence electrons. The van der Waals surface area contributed by atoms with E-state index in [1.54, 1.807) is 29.2 Å². The molecule has 6 nitrogen and oxygen atoms in total. The summed E-state index contributed by atoms with van der Waals surface area (Å²) in [5.41, 5.74) is 1.25. The van der Waals surface area contributed by atoms with Crippen LogP contribution in [0.2, 0.25) is 5.15 Å². The summed E-state index contributed by atoms with van der Waals surface area (Å²) in [6, 6.07) is 9.57. The number of rotatable bonds is 4. The number of hydrogen-bond donors (Lipinski definition) is 1. The molecule has 30 heavy (non-hydrogen) atoms. The monoisotopic (exact) mass is 468 g/mol. The summed E-state index contributed by atoms with van der Waals surface area (Å²) in [6.07, 6.45) is 0.671. The van der Waals surface area contributed by atoms with E-state index >= 15 is 0 Å². The Morgan fingerprint density at radius 3 is 2.47 bits per heavy atom. The Labute approximate surface area is 182 Å². The number of halogens is 3. The number of nitrogens with two attached hydrogens (primary N) is 1. The fourth-order valence-corrected chi connectivity index (χ4v) is 5.15. The molecule has 2 aromatic carbocycles. The number of aromatic nitrogens is 1. The van der Waals surface area contributed by atoms with Gasteiger partial charge in [-0.25, -0.2) is 27.9 Å². The van der Waals surface area contributed by atoms with E-state index in [0.29, 0.717) is 35.9 Å². The first-order chi connectivity index (χ1) is 14.3. The van der Waals surface area contributed by atoms with Gasteiger partial charge < -0.3 is 0 Å². The highest BCUT2D eigenvalue weighted by molar-refractivity contribution is 7.85. The van der Waals surface area contributed by atoms with E-state index in [4.69, 9.17) is 16.7 Å². The lowest BCUT2D eigenvalue weighted by Crippen LogP contribution is -2.49. The molecule has 0 aliphatic carbocycles. The van der Waals surface area contributed by atoms with Gasteiger partial charge in [-0.1, -0.05) is 35.1 Å². The van der Waals surface area contributed by atoms with E-state index < -0.39 is 22.6 Å². The third kappa shape index (κ3) is 3.95. The number of hydrogen-bond acceptors (Lipinski definition) is 4. The van der Waals surface area contributed by atoms with Crippen molar-refractivity contribution in [3.63, 3.8) is 0 Å². The van der Waals surface area contributed by atoms with Crippen LogP contribution >= 0.6 is 22.9 Å². The minimum absolute atomic E-state index is 0.0160. The van der Waals surface area contributed by atoms with Gasteiger partial charge in [-0.3, -0.25) is 9.80 Å². The zero-order valence-electron chi connectivity index (χ0n) is 15.3. The summed E-state index contributed by atoms with van der Waals surface area (Å²) in [7, 11) is -1.79. The van der Waals surface area contributed by atoms with Crippen molar-refractivity contribution in [1.82, 2.24) is 4.98 Å². The third-order valence-electron chi connectivity index (χ3n) is 4.60. The average molecular weight is 469 g/mol. The van der Waals surface area contributed by atoms with Crippen molar-refractivity contribution in [3.8, 4) is 11.1 Å². The summed E-state index contributed by atoms with van der Waals surface area (Å²) < 4.78 is 39.2. The van der Waals surface area contributed by atoms with Gasteiger partial charge in [0.15, 0.2) is 10.3 Å². The highest BCUT2D eigenvalue weighted by Gasteiger charge is 2.31. The maximum absolute atomic E-state index is 14.0. The van der Waals surface area contributed by atoms with Crippen molar-refractivity contribution < 1.29 is 17.8 Å². The molecule has 2 N–H and O–H groups in total. The maximum atomic E-state index is 14.0. The van der Waals surface area contributed by atoms with Crippen LogP contribution in [0.25, 0.3) is 11.1 Å². The van der Waals surface area contributed by atoms with Crippen LogP contribution in [0.5, 0.6) is 0 Å². The second kappa shape index (κ2) is 8.38. The van der Waals surface area contributed by atoms with Crippen molar-refractivity contribution >= 4 is 50.8 Å². The molecule has 2 amide bonds. The minimum Gasteiger partial charge on any atom is -0.294 e. The van der Waals surface area contributed by atoms with Gasteiger partial charge in [0, 0.05) is 24.3 Å². The number of carbonyl (C=O) groups is 1. The van der Waals surface area contributed by atoms with Gasteiger partial charge >= 0.3 is 6.03 Å². The first-order valence-corrected chi connectivity index (χ1v) is 11.2. The van der Waals surface area contributed by atoms with Crippen LogP contribution in [-0.4, -0.2) is 28.3 Å². The molecule has 0 saturated carbocycles. The molecule has 1 aliphatic rings. The van der Waals surface area contributed by atoms with Gasteiger partial charge in [-0.15, -0.1) is 0 Å². The Hall–Kier alpha value is -2.40. The van der Waals surface area contributed by atoms with Gasteiger partial charge in [0.25, 0.3) is 0 Å². The van der Waals surface area contributed by atoms with E-state index in [9.17, 15) is 17.8 Å². The van der Waals surface area contributed by atoms with Crippen LogP contribution in [0, 0.1) is 11.6 Å². The lowest BCUT2D eigenvalue weighted by molar-refractivity contribution is 0.248. The van der Waals surface area contributed by atoms with Crippen LogP contribution in [0.15, 0.2) is 46.7 Å². The summed E-state index contributed by atoms with van der Waals surface area (Å²) >= 11 is 6.99. The smallest absolute Gasteiger partial charge is 0.294 e. The largest absolute Gasteiger partial charge is 0.330 e. The Balaban J connectivity index is 1.59. The average Bonchev–Trinajstić information content (AvgIpc) is 3.12. The van der Waals surface area contributed by atoms with Crippen molar-refractivity contribution in [2.75, 3.05) is 22.9 Å². The minimum atomic E-state index is -1.79. The lowest BCUT2D eigenvalue weighted by atomic mass is 10.0. The molecule has 11 heteroatoms. The van der Waals surface area contributed by atoms with Crippen LogP contribution < -0.4 is 14.9 Å². The van der Waals surface area contributed by atoms with Gasteiger partial charge in [0.2, 0.25) is 0 Å². The molecule has 3 aromatic rings. The Morgan fingerprint density at radius 1 is 1.10 bits per heavy atom. The number of anilines is 2. The molecule has 1 aromatic heterocycles. The predicted octanol–water partition coefficient (Wildman–Crippen LogP) is 4.56. The number of amides is 2. The lowest BCUT2D eigenvalue weighted by Gasteiger charge is -2.34. The van der Waals surface area contributed by atoms with E-state index in [0.717, 1.165) is 29.5 Å². The van der Waals surface area contributed by atoms with E-state index in [1.807, 2.05) is 0 Å². The molecule has 0 bridgehead atoms. The topological polar surface area (TPSA) is 79.5 Å². The van der Waals surface area contributed by atoms with Crippen LogP contribution in [-0.2, 0) is 11.0 Å².